The smallest absolute Gasteiger partial charge is 0.479 e. The number of hydrogen-bond acceptors (Lipinski definition) is 8. The van der Waals surface area contributed by atoms with E-state index in [1.165, 1.54) is 7.11 Å². The van der Waals surface area contributed by atoms with E-state index < -0.39 is 8.25 Å². The average Bonchev–Trinajstić information content (AvgIpc) is 3.07. The Balaban J connectivity index is 1.88. The number of aromatic nitrogens is 4. The Kier molecular flexibility index (Phi) is 4.40. The maximum absolute atomic E-state index is 10.6. The van der Waals surface area contributed by atoms with E-state index in [4.69, 9.17) is 24.6 Å². The molecule has 4 atom stereocenters. The number of hydrogen-bond donors (Lipinski definition) is 2. The predicted octanol–water partition coefficient (Wildman–Crippen LogP) is 1.01. The lowest BCUT2D eigenvalue weighted by atomic mass is 10.1. The van der Waals surface area contributed by atoms with Crippen LogP contribution in [0.25, 0.3) is 11.2 Å². The molecular weight excluding hydrogens is 325 g/mol. The van der Waals surface area contributed by atoms with Crippen molar-refractivity contribution >= 4 is 25.4 Å². The highest BCUT2D eigenvalue weighted by Crippen LogP contribution is 2.37. The number of ether oxygens (including phenoxy) is 2. The van der Waals surface area contributed by atoms with Crippen LogP contribution in [0.15, 0.2) is 6.33 Å². The number of anilines is 1. The second-order valence-electron chi connectivity index (χ2n) is 5.31. The summed E-state index contributed by atoms with van der Waals surface area (Å²) in [6.07, 6.45) is 1.67. The van der Waals surface area contributed by atoms with Crippen LogP contribution in [0, 0.1) is 5.92 Å². The number of imidazole rings is 1. The highest BCUT2D eigenvalue weighted by Gasteiger charge is 2.36. The van der Waals surface area contributed by atoms with Crippen LogP contribution in [-0.2, 0) is 13.8 Å². The largest absolute Gasteiger partial charge is 0.694 e. The number of rotatable bonds is 5. The van der Waals surface area contributed by atoms with E-state index >= 15 is 0 Å². The summed E-state index contributed by atoms with van der Waals surface area (Å²) in [6.45, 7) is 2.07. The molecule has 3 N–H and O–H groups in total. The van der Waals surface area contributed by atoms with E-state index in [2.05, 4.69) is 15.0 Å². The molecule has 1 fully saturated rings. The van der Waals surface area contributed by atoms with E-state index in [1.807, 2.05) is 6.92 Å². The van der Waals surface area contributed by atoms with Crippen LogP contribution in [-0.4, -0.2) is 44.2 Å². The van der Waals surface area contributed by atoms with Crippen molar-refractivity contribution in [3.8, 4) is 5.88 Å². The molecule has 2 aromatic heterocycles. The lowest BCUT2D eigenvalue weighted by molar-refractivity contribution is -0.0254. The van der Waals surface area contributed by atoms with Gasteiger partial charge in [-0.15, -0.1) is 9.42 Å². The number of nitrogens with two attached hydrogens (primary N) is 1. The first kappa shape index (κ1) is 16.0. The van der Waals surface area contributed by atoms with Gasteiger partial charge in [-0.25, -0.2) is 4.98 Å². The maximum atomic E-state index is 10.6. The Bertz CT molecular complexity index is 738. The number of fused-ring (bicyclic) bond motifs is 1. The summed E-state index contributed by atoms with van der Waals surface area (Å²) < 4.78 is 28.2. The van der Waals surface area contributed by atoms with Gasteiger partial charge in [0.2, 0.25) is 11.8 Å². The Morgan fingerprint density at radius 1 is 1.57 bits per heavy atom. The van der Waals surface area contributed by atoms with Gasteiger partial charge in [0, 0.05) is 10.5 Å². The molecule has 10 nitrogen and oxygen atoms in total. The minimum atomic E-state index is -2.63. The maximum Gasteiger partial charge on any atom is 0.694 e. The van der Waals surface area contributed by atoms with Crippen molar-refractivity contribution in [3.63, 3.8) is 0 Å². The molecule has 1 aliphatic rings. The van der Waals surface area contributed by atoms with Gasteiger partial charge in [0.25, 0.3) is 0 Å². The zero-order chi connectivity index (χ0) is 16.6. The fourth-order valence-corrected chi connectivity index (χ4v) is 3.04. The first-order valence-corrected chi connectivity index (χ1v) is 8.11. The third-order valence-corrected chi connectivity index (χ3v) is 4.07. The molecule has 124 valence electrons. The van der Waals surface area contributed by atoms with E-state index in [1.54, 1.807) is 10.9 Å². The zero-order valence-corrected chi connectivity index (χ0v) is 13.5. The lowest BCUT2D eigenvalue weighted by Gasteiger charge is -2.17. The minimum absolute atomic E-state index is 0.0552. The number of methoxy groups -OCH3 is 1. The zero-order valence-electron chi connectivity index (χ0n) is 12.6. The first-order valence-electron chi connectivity index (χ1n) is 6.98. The molecule has 0 spiro atoms. The minimum Gasteiger partial charge on any atom is -0.479 e. The molecule has 1 aliphatic heterocycles. The molecule has 3 heterocycles. The van der Waals surface area contributed by atoms with E-state index in [0.29, 0.717) is 23.5 Å². The fraction of sp³-hybridized carbons (Fsp3) is 0.583. The molecule has 0 saturated carbocycles. The molecule has 0 amide bonds. The van der Waals surface area contributed by atoms with Gasteiger partial charge in [-0.1, -0.05) is 6.92 Å². The van der Waals surface area contributed by atoms with E-state index in [9.17, 15) is 4.57 Å². The summed E-state index contributed by atoms with van der Waals surface area (Å²) in [7, 11) is -1.15. The molecule has 11 heteroatoms. The van der Waals surface area contributed by atoms with Gasteiger partial charge in [-0.2, -0.15) is 9.97 Å². The van der Waals surface area contributed by atoms with Crippen molar-refractivity contribution in [1.82, 2.24) is 19.5 Å². The standard InChI is InChI=1S/C12H16N5O5P/c1-6-3-7(4-21-23(18)19)22-11(6)17-5-14-8-9(17)15-12(13)16-10(8)20-2/h5-7,11H,3-4H2,1-2H3,(H2-,13,15,16,18,19)/p+1. The Labute approximate surface area is 132 Å². The predicted molar refractivity (Wildman–Crippen MR) is 79.8 cm³/mol. The molecule has 3 rings (SSSR count). The quantitative estimate of drug-likeness (QED) is 0.763. The third-order valence-electron chi connectivity index (χ3n) is 3.70. The summed E-state index contributed by atoms with van der Waals surface area (Å²) in [5.41, 5.74) is 6.72. The van der Waals surface area contributed by atoms with Crippen LogP contribution in [0.3, 0.4) is 0 Å². The van der Waals surface area contributed by atoms with Gasteiger partial charge in [-0.3, -0.25) is 4.57 Å². The summed E-state index contributed by atoms with van der Waals surface area (Å²) in [6, 6.07) is 0. The second-order valence-corrected chi connectivity index (χ2v) is 6.04. The Hall–Kier alpha value is -1.87. The van der Waals surface area contributed by atoms with Crippen LogP contribution in [0.2, 0.25) is 0 Å². The molecular formula is C12H17N5O5P+. The molecule has 0 bridgehead atoms. The molecule has 4 unspecified atom stereocenters. The Morgan fingerprint density at radius 3 is 3.04 bits per heavy atom. The van der Waals surface area contributed by atoms with Crippen molar-refractivity contribution < 1.29 is 23.5 Å². The van der Waals surface area contributed by atoms with Crippen LogP contribution >= 0.6 is 8.25 Å². The molecule has 2 aromatic rings. The summed E-state index contributed by atoms with van der Waals surface area (Å²) in [5, 5.41) is 0. The molecule has 0 radical (unpaired) electrons. The van der Waals surface area contributed by atoms with E-state index in [0.717, 1.165) is 0 Å². The third kappa shape index (κ3) is 3.11. The van der Waals surface area contributed by atoms with Crippen molar-refractivity contribution in [2.24, 2.45) is 5.92 Å². The lowest BCUT2D eigenvalue weighted by Crippen LogP contribution is -2.16. The molecule has 0 aromatic carbocycles. The topological polar surface area (TPSA) is 135 Å². The van der Waals surface area contributed by atoms with Crippen molar-refractivity contribution in [3.05, 3.63) is 6.33 Å². The highest BCUT2D eigenvalue weighted by atomic mass is 31.1. The SMILES string of the molecule is COc1nc(N)nc2c1ncn2C1OC(CO[P+](=O)O)CC1C. The summed E-state index contributed by atoms with van der Waals surface area (Å²) in [4.78, 5) is 21.2. The van der Waals surface area contributed by atoms with Gasteiger partial charge in [-0.05, 0) is 6.42 Å². The second kappa shape index (κ2) is 6.32. The normalized spacial score (nSPS) is 25.0. The van der Waals surface area contributed by atoms with Gasteiger partial charge < -0.3 is 15.2 Å². The van der Waals surface area contributed by atoms with Gasteiger partial charge in [0.15, 0.2) is 11.2 Å². The number of nitrogens with zero attached hydrogens (tertiary/aromatic N) is 4. The molecule has 1 saturated heterocycles. The average molecular weight is 342 g/mol. The Morgan fingerprint density at radius 2 is 2.35 bits per heavy atom. The van der Waals surface area contributed by atoms with Gasteiger partial charge >= 0.3 is 8.25 Å². The van der Waals surface area contributed by atoms with Crippen molar-refractivity contribution in [1.29, 1.82) is 0 Å². The summed E-state index contributed by atoms with van der Waals surface area (Å²) in [5.74, 6) is 0.521. The number of nitrogen functional groups attached to an aromatic ring is 1. The van der Waals surface area contributed by atoms with Crippen LogP contribution in [0.4, 0.5) is 5.95 Å². The van der Waals surface area contributed by atoms with Crippen molar-refractivity contribution in [2.45, 2.75) is 25.7 Å². The molecule has 23 heavy (non-hydrogen) atoms. The van der Waals surface area contributed by atoms with Gasteiger partial charge in [0.1, 0.15) is 12.8 Å². The molecule has 0 aliphatic carbocycles. The monoisotopic (exact) mass is 342 g/mol. The first-order chi connectivity index (χ1) is 11.0. The van der Waals surface area contributed by atoms with E-state index in [-0.39, 0.29) is 30.8 Å². The van der Waals surface area contributed by atoms with Crippen LogP contribution < -0.4 is 10.5 Å². The van der Waals surface area contributed by atoms with Crippen LogP contribution in [0.1, 0.15) is 19.6 Å². The highest BCUT2D eigenvalue weighted by molar-refractivity contribution is 7.32. The fourth-order valence-electron chi connectivity index (χ4n) is 2.75. The van der Waals surface area contributed by atoms with Gasteiger partial charge in [0.05, 0.1) is 19.5 Å². The van der Waals surface area contributed by atoms with Crippen LogP contribution in [0.5, 0.6) is 5.88 Å². The summed E-state index contributed by atoms with van der Waals surface area (Å²) >= 11 is 0. The van der Waals surface area contributed by atoms with Crippen molar-refractivity contribution in [2.75, 3.05) is 19.5 Å².